The zero-order chi connectivity index (χ0) is 14.7. The molecule has 1 amide bonds. The average molecular weight is 337 g/mol. The molecule has 5 nitrogen and oxygen atoms in total. The minimum atomic E-state index is -0.285. The number of rotatable bonds is 4. The Kier molecular flexibility index (Phi) is 4.44. The zero-order valence-corrected chi connectivity index (χ0v) is 13.1. The van der Waals surface area contributed by atoms with Crippen LogP contribution in [0.5, 0.6) is 0 Å². The maximum Gasteiger partial charge on any atom is 0.278 e. The maximum absolute atomic E-state index is 12.2. The van der Waals surface area contributed by atoms with Gasteiger partial charge in [0.2, 0.25) is 0 Å². The van der Waals surface area contributed by atoms with E-state index in [1.54, 1.807) is 10.9 Å². The number of hydrogen-bond acceptors (Lipinski definition) is 3. The quantitative estimate of drug-likeness (QED) is 0.901. The van der Waals surface area contributed by atoms with Gasteiger partial charge in [0.05, 0.1) is 5.69 Å². The number of nitrogens with zero attached hydrogens (tertiary/aromatic N) is 2. The van der Waals surface area contributed by atoms with Gasteiger partial charge in [-0.05, 0) is 37.1 Å². The molecule has 0 radical (unpaired) electrons. The first kappa shape index (κ1) is 14.6. The number of carbonyl (C=O) groups excluding carboxylic acids is 1. The van der Waals surface area contributed by atoms with Crippen molar-refractivity contribution in [3.8, 4) is 0 Å². The van der Waals surface area contributed by atoms with Gasteiger partial charge in [0.15, 0.2) is 5.69 Å². The van der Waals surface area contributed by atoms with Crippen molar-refractivity contribution < 1.29 is 4.79 Å². The van der Waals surface area contributed by atoms with Gasteiger partial charge in [0.1, 0.15) is 0 Å². The van der Waals surface area contributed by atoms with Crippen LogP contribution in [-0.2, 0) is 13.0 Å². The van der Waals surface area contributed by atoms with Crippen molar-refractivity contribution in [3.05, 3.63) is 40.1 Å². The summed E-state index contributed by atoms with van der Waals surface area (Å²) in [5.74, 6) is -0.285. The number of nitrogens with two attached hydrogens (primary N) is 1. The summed E-state index contributed by atoms with van der Waals surface area (Å²) in [7, 11) is 0. The number of aryl methyl sites for hydroxylation is 2. The first-order valence-electron chi connectivity index (χ1n) is 6.47. The second-order valence-electron chi connectivity index (χ2n) is 4.40. The molecule has 0 aliphatic rings. The zero-order valence-electron chi connectivity index (χ0n) is 11.5. The highest BCUT2D eigenvalue weighted by Gasteiger charge is 2.15. The van der Waals surface area contributed by atoms with E-state index < -0.39 is 0 Å². The van der Waals surface area contributed by atoms with Gasteiger partial charge in [-0.3, -0.25) is 9.48 Å². The summed E-state index contributed by atoms with van der Waals surface area (Å²) in [6.07, 6.45) is 2.49. The van der Waals surface area contributed by atoms with Crippen LogP contribution in [0.3, 0.4) is 0 Å². The minimum Gasteiger partial charge on any atom is -0.396 e. The van der Waals surface area contributed by atoms with Crippen LogP contribution in [0.15, 0.2) is 28.9 Å². The Morgan fingerprint density at radius 3 is 2.80 bits per heavy atom. The first-order chi connectivity index (χ1) is 9.55. The molecule has 0 saturated heterocycles. The third-order valence-corrected chi connectivity index (χ3v) is 3.52. The van der Waals surface area contributed by atoms with E-state index in [0.29, 0.717) is 12.2 Å². The second-order valence-corrected chi connectivity index (χ2v) is 5.31. The van der Waals surface area contributed by atoms with Crippen molar-refractivity contribution in [2.75, 3.05) is 11.1 Å². The highest BCUT2D eigenvalue weighted by molar-refractivity contribution is 9.10. The summed E-state index contributed by atoms with van der Waals surface area (Å²) in [4.78, 5) is 12.2. The van der Waals surface area contributed by atoms with Gasteiger partial charge in [-0.15, -0.1) is 0 Å². The van der Waals surface area contributed by atoms with E-state index in [1.807, 2.05) is 32.0 Å². The fourth-order valence-electron chi connectivity index (χ4n) is 1.93. The van der Waals surface area contributed by atoms with Crippen LogP contribution in [0.4, 0.5) is 11.4 Å². The molecule has 0 atom stereocenters. The summed E-state index contributed by atoms with van der Waals surface area (Å²) in [6.45, 7) is 4.66. The fraction of sp³-hybridized carbons (Fsp3) is 0.286. The molecule has 2 aromatic rings. The number of amides is 1. The predicted molar refractivity (Wildman–Crippen MR) is 83.8 cm³/mol. The molecule has 1 heterocycles. The summed E-state index contributed by atoms with van der Waals surface area (Å²) in [5.41, 5.74) is 8.30. The van der Waals surface area contributed by atoms with Crippen LogP contribution >= 0.6 is 15.9 Å². The van der Waals surface area contributed by atoms with Crippen LogP contribution < -0.4 is 11.1 Å². The normalized spacial score (nSPS) is 10.6. The van der Waals surface area contributed by atoms with Gasteiger partial charge in [-0.2, -0.15) is 5.10 Å². The second kappa shape index (κ2) is 6.09. The van der Waals surface area contributed by atoms with Gasteiger partial charge in [-0.1, -0.05) is 22.9 Å². The van der Waals surface area contributed by atoms with Crippen molar-refractivity contribution >= 4 is 33.2 Å². The monoisotopic (exact) mass is 336 g/mol. The third-order valence-electron chi connectivity index (χ3n) is 3.03. The fourth-order valence-corrected chi connectivity index (χ4v) is 2.34. The molecule has 1 aromatic heterocycles. The lowest BCUT2D eigenvalue weighted by Crippen LogP contribution is -2.15. The molecule has 0 saturated carbocycles. The van der Waals surface area contributed by atoms with Crippen molar-refractivity contribution in [2.45, 2.75) is 26.8 Å². The topological polar surface area (TPSA) is 72.9 Å². The number of nitrogen functional groups attached to an aromatic ring is 1. The van der Waals surface area contributed by atoms with E-state index >= 15 is 0 Å². The molecule has 20 heavy (non-hydrogen) atoms. The first-order valence-corrected chi connectivity index (χ1v) is 7.27. The number of anilines is 2. The lowest BCUT2D eigenvalue weighted by molar-refractivity contribution is 0.102. The van der Waals surface area contributed by atoms with Gasteiger partial charge >= 0.3 is 0 Å². The van der Waals surface area contributed by atoms with E-state index in [2.05, 4.69) is 26.3 Å². The third kappa shape index (κ3) is 3.01. The largest absolute Gasteiger partial charge is 0.396 e. The molecular formula is C14H17BrN4O. The van der Waals surface area contributed by atoms with Gasteiger partial charge in [0, 0.05) is 22.9 Å². The van der Waals surface area contributed by atoms with Crippen LogP contribution in [0.25, 0.3) is 0 Å². The smallest absolute Gasteiger partial charge is 0.278 e. The molecule has 106 valence electrons. The number of nitrogens with one attached hydrogen (secondary N) is 1. The van der Waals surface area contributed by atoms with Crippen molar-refractivity contribution in [1.29, 1.82) is 0 Å². The number of hydrogen-bond donors (Lipinski definition) is 2. The van der Waals surface area contributed by atoms with Crippen LogP contribution in [0.2, 0.25) is 0 Å². The Morgan fingerprint density at radius 2 is 2.20 bits per heavy atom. The Bertz CT molecular complexity index is 636. The van der Waals surface area contributed by atoms with E-state index in [0.717, 1.165) is 22.1 Å². The van der Waals surface area contributed by atoms with Crippen molar-refractivity contribution in [1.82, 2.24) is 9.78 Å². The molecule has 1 aromatic carbocycles. The highest BCUT2D eigenvalue weighted by atomic mass is 79.9. The lowest BCUT2D eigenvalue weighted by atomic mass is 10.1. The molecule has 0 aliphatic heterocycles. The standard InChI is InChI=1S/C14H17BrN4O/c1-3-9-7-10(15)5-6-12(9)17-14(20)13-11(16)8-19(4-2)18-13/h5-8H,3-4,16H2,1-2H3,(H,17,20). The molecular weight excluding hydrogens is 320 g/mol. The van der Waals surface area contributed by atoms with Gasteiger partial charge < -0.3 is 11.1 Å². The van der Waals surface area contributed by atoms with Crippen molar-refractivity contribution in [2.24, 2.45) is 0 Å². The van der Waals surface area contributed by atoms with Crippen LogP contribution in [-0.4, -0.2) is 15.7 Å². The maximum atomic E-state index is 12.2. The van der Waals surface area contributed by atoms with Crippen LogP contribution in [0.1, 0.15) is 29.9 Å². The van der Waals surface area contributed by atoms with E-state index in [-0.39, 0.29) is 11.6 Å². The van der Waals surface area contributed by atoms with E-state index in [4.69, 9.17) is 5.73 Å². The van der Waals surface area contributed by atoms with E-state index in [1.165, 1.54) is 0 Å². The molecule has 0 fully saturated rings. The molecule has 0 aliphatic carbocycles. The number of aromatic nitrogens is 2. The molecule has 2 rings (SSSR count). The molecule has 0 bridgehead atoms. The SMILES string of the molecule is CCc1cc(Br)ccc1NC(=O)c1nn(CC)cc1N. The van der Waals surface area contributed by atoms with Gasteiger partial charge in [-0.25, -0.2) is 0 Å². The summed E-state index contributed by atoms with van der Waals surface area (Å²) < 4.78 is 2.63. The Hall–Kier alpha value is -1.82. The average Bonchev–Trinajstić information content (AvgIpc) is 2.82. The molecule has 0 unspecified atom stereocenters. The number of benzene rings is 1. The van der Waals surface area contributed by atoms with E-state index in [9.17, 15) is 4.79 Å². The summed E-state index contributed by atoms with van der Waals surface area (Å²) in [6, 6.07) is 5.75. The number of carbonyl (C=O) groups is 1. The molecule has 3 N–H and O–H groups in total. The lowest BCUT2D eigenvalue weighted by Gasteiger charge is -2.09. The number of halogens is 1. The molecule has 6 heteroatoms. The Labute approximate surface area is 126 Å². The predicted octanol–water partition coefficient (Wildman–Crippen LogP) is 3.06. The Morgan fingerprint density at radius 1 is 1.45 bits per heavy atom. The van der Waals surface area contributed by atoms with Gasteiger partial charge in [0.25, 0.3) is 5.91 Å². The Balaban J connectivity index is 2.25. The van der Waals surface area contributed by atoms with Crippen LogP contribution in [0, 0.1) is 0 Å². The summed E-state index contributed by atoms with van der Waals surface area (Å²) in [5, 5.41) is 7.04. The van der Waals surface area contributed by atoms with Crippen molar-refractivity contribution in [3.63, 3.8) is 0 Å². The highest BCUT2D eigenvalue weighted by Crippen LogP contribution is 2.22. The molecule has 0 spiro atoms. The summed E-state index contributed by atoms with van der Waals surface area (Å²) >= 11 is 3.42. The minimum absolute atomic E-state index is 0.261.